The minimum atomic E-state index is -0.444. The van der Waals surface area contributed by atoms with Crippen LogP contribution < -0.4 is 0 Å². The number of ether oxygens (including phenoxy) is 1. The van der Waals surface area contributed by atoms with Gasteiger partial charge in [0.15, 0.2) is 0 Å². The van der Waals surface area contributed by atoms with Gasteiger partial charge in [0, 0.05) is 43.8 Å². The first-order valence-electron chi connectivity index (χ1n) is 8.87. The van der Waals surface area contributed by atoms with E-state index in [0.717, 1.165) is 30.8 Å². The molecule has 0 saturated carbocycles. The molecule has 0 unspecified atom stereocenters. The number of carbonyl (C=O) groups excluding carboxylic acids is 1. The molecule has 2 heterocycles. The van der Waals surface area contributed by atoms with Gasteiger partial charge in [0.05, 0.1) is 5.52 Å². The van der Waals surface area contributed by atoms with Crippen LogP contribution in [0.5, 0.6) is 0 Å². The minimum absolute atomic E-state index is 0.213. The summed E-state index contributed by atoms with van der Waals surface area (Å²) in [6.07, 6.45) is -0.213. The van der Waals surface area contributed by atoms with E-state index in [1.165, 1.54) is 10.9 Å². The zero-order valence-corrected chi connectivity index (χ0v) is 15.6. The summed E-state index contributed by atoms with van der Waals surface area (Å²) in [5.74, 6) is 0. The number of fused-ring (bicyclic) bond motifs is 1. The maximum atomic E-state index is 12.2. The number of hydrogen-bond donors (Lipinski definition) is 0. The maximum absolute atomic E-state index is 12.2. The molecule has 1 fully saturated rings. The molecule has 2 aromatic rings. The van der Waals surface area contributed by atoms with E-state index in [0.29, 0.717) is 13.1 Å². The molecule has 1 aromatic carbocycles. The Hall–Kier alpha value is -2.14. The molecular weight excluding hydrogens is 314 g/mol. The van der Waals surface area contributed by atoms with Gasteiger partial charge in [0.1, 0.15) is 5.60 Å². The van der Waals surface area contributed by atoms with Crippen LogP contribution in [0.2, 0.25) is 0 Å². The van der Waals surface area contributed by atoms with Gasteiger partial charge in [-0.05, 0) is 39.3 Å². The fourth-order valence-corrected chi connectivity index (χ4v) is 3.09. The molecule has 3 rings (SSSR count). The second kappa shape index (κ2) is 7.00. The number of aromatic nitrogens is 1. The molecule has 0 aliphatic carbocycles. The number of para-hydroxylation sites is 1. The number of carbonyl (C=O) groups is 1. The fourth-order valence-electron chi connectivity index (χ4n) is 3.09. The standard InChI is InChI=1S/C20H27N3O2/c1-15-8-9-16-6-5-7-17(18(16)21-15)14-22-10-12-23(13-11-22)19(24)25-20(2,3)4/h5-9H,10-14H2,1-4H3. The van der Waals surface area contributed by atoms with Crippen LogP contribution in [0.1, 0.15) is 32.0 Å². The van der Waals surface area contributed by atoms with Gasteiger partial charge in [0.2, 0.25) is 0 Å². The zero-order valence-electron chi connectivity index (χ0n) is 15.6. The van der Waals surface area contributed by atoms with Crippen LogP contribution in [0.4, 0.5) is 4.79 Å². The predicted molar refractivity (Wildman–Crippen MR) is 99.6 cm³/mol. The van der Waals surface area contributed by atoms with E-state index in [4.69, 9.17) is 9.72 Å². The van der Waals surface area contributed by atoms with Crippen molar-refractivity contribution in [3.05, 3.63) is 41.6 Å². The second-order valence-corrected chi connectivity index (χ2v) is 7.69. The van der Waals surface area contributed by atoms with Gasteiger partial charge >= 0.3 is 6.09 Å². The van der Waals surface area contributed by atoms with E-state index in [1.54, 1.807) is 4.90 Å². The summed E-state index contributed by atoms with van der Waals surface area (Å²) in [7, 11) is 0. The van der Waals surface area contributed by atoms with Crippen LogP contribution in [0.3, 0.4) is 0 Å². The van der Waals surface area contributed by atoms with E-state index in [1.807, 2.05) is 33.8 Å². The number of amides is 1. The van der Waals surface area contributed by atoms with E-state index in [2.05, 4.69) is 29.2 Å². The van der Waals surface area contributed by atoms with Gasteiger partial charge in [0.25, 0.3) is 0 Å². The number of piperazine rings is 1. The summed E-state index contributed by atoms with van der Waals surface area (Å²) in [6, 6.07) is 10.5. The number of hydrogen-bond acceptors (Lipinski definition) is 4. The highest BCUT2D eigenvalue weighted by atomic mass is 16.6. The van der Waals surface area contributed by atoms with Crippen molar-refractivity contribution in [2.24, 2.45) is 0 Å². The van der Waals surface area contributed by atoms with Gasteiger partial charge in [-0.1, -0.05) is 24.3 Å². The topological polar surface area (TPSA) is 45.7 Å². The Labute approximate surface area is 149 Å². The molecule has 0 N–H and O–H groups in total. The lowest BCUT2D eigenvalue weighted by atomic mass is 10.1. The molecule has 0 atom stereocenters. The molecule has 1 aliphatic rings. The maximum Gasteiger partial charge on any atom is 0.410 e. The molecule has 1 saturated heterocycles. The van der Waals surface area contributed by atoms with E-state index < -0.39 is 5.60 Å². The Morgan fingerprint density at radius 1 is 1.12 bits per heavy atom. The summed E-state index contributed by atoms with van der Waals surface area (Å²) in [5, 5.41) is 1.18. The lowest BCUT2D eigenvalue weighted by Gasteiger charge is -2.35. The molecule has 0 spiro atoms. The molecule has 5 nitrogen and oxygen atoms in total. The van der Waals surface area contributed by atoms with Crippen molar-refractivity contribution in [3.63, 3.8) is 0 Å². The molecule has 25 heavy (non-hydrogen) atoms. The van der Waals surface area contributed by atoms with Crippen LogP contribution in [0.15, 0.2) is 30.3 Å². The van der Waals surface area contributed by atoms with Crippen LogP contribution in [-0.2, 0) is 11.3 Å². The smallest absolute Gasteiger partial charge is 0.410 e. The first-order chi connectivity index (χ1) is 11.8. The lowest BCUT2D eigenvalue weighted by Crippen LogP contribution is -2.49. The summed E-state index contributed by atoms with van der Waals surface area (Å²) in [5.41, 5.74) is 2.92. The number of aryl methyl sites for hydroxylation is 1. The summed E-state index contributed by atoms with van der Waals surface area (Å²) in [4.78, 5) is 21.1. The minimum Gasteiger partial charge on any atom is -0.444 e. The average Bonchev–Trinajstić information content (AvgIpc) is 2.54. The third kappa shape index (κ3) is 4.48. The monoisotopic (exact) mass is 341 g/mol. The molecule has 0 bridgehead atoms. The van der Waals surface area contributed by atoms with Crippen molar-refractivity contribution in [2.45, 2.75) is 39.8 Å². The fraction of sp³-hybridized carbons (Fsp3) is 0.500. The summed E-state index contributed by atoms with van der Waals surface area (Å²) in [6.45, 7) is 11.7. The number of rotatable bonds is 2. The van der Waals surface area contributed by atoms with Gasteiger partial charge in [-0.15, -0.1) is 0 Å². The summed E-state index contributed by atoms with van der Waals surface area (Å²) < 4.78 is 5.46. The third-order valence-electron chi connectivity index (χ3n) is 4.36. The van der Waals surface area contributed by atoms with E-state index in [9.17, 15) is 4.79 Å². The van der Waals surface area contributed by atoms with Gasteiger partial charge < -0.3 is 9.64 Å². The highest BCUT2D eigenvalue weighted by Gasteiger charge is 2.26. The molecule has 1 aliphatic heterocycles. The highest BCUT2D eigenvalue weighted by molar-refractivity contribution is 5.81. The number of nitrogens with zero attached hydrogens (tertiary/aromatic N) is 3. The Kier molecular flexibility index (Phi) is 4.95. The first-order valence-corrected chi connectivity index (χ1v) is 8.87. The summed E-state index contributed by atoms with van der Waals surface area (Å²) >= 11 is 0. The highest BCUT2D eigenvalue weighted by Crippen LogP contribution is 2.20. The Bertz CT molecular complexity index is 759. The SMILES string of the molecule is Cc1ccc2cccc(CN3CCN(C(=O)OC(C)(C)C)CC3)c2n1. The molecule has 1 aromatic heterocycles. The van der Waals surface area contributed by atoms with E-state index in [-0.39, 0.29) is 6.09 Å². The van der Waals surface area contributed by atoms with Crippen molar-refractivity contribution in [2.75, 3.05) is 26.2 Å². The van der Waals surface area contributed by atoms with E-state index >= 15 is 0 Å². The van der Waals surface area contributed by atoms with Crippen LogP contribution in [0, 0.1) is 6.92 Å². The second-order valence-electron chi connectivity index (χ2n) is 7.69. The quantitative estimate of drug-likeness (QED) is 0.837. The number of benzene rings is 1. The van der Waals surface area contributed by atoms with Crippen molar-refractivity contribution in [3.8, 4) is 0 Å². The van der Waals surface area contributed by atoms with Crippen molar-refractivity contribution in [1.29, 1.82) is 0 Å². The van der Waals surface area contributed by atoms with Crippen molar-refractivity contribution < 1.29 is 9.53 Å². The lowest BCUT2D eigenvalue weighted by molar-refractivity contribution is 0.0139. The zero-order chi connectivity index (χ0) is 18.0. The molecule has 0 radical (unpaired) electrons. The number of pyridine rings is 1. The predicted octanol–water partition coefficient (Wildman–Crippen LogP) is 3.60. The average molecular weight is 341 g/mol. The van der Waals surface area contributed by atoms with Crippen LogP contribution in [0.25, 0.3) is 10.9 Å². The first kappa shape index (κ1) is 17.7. The normalized spacial score (nSPS) is 16.2. The van der Waals surface area contributed by atoms with Gasteiger partial charge in [-0.2, -0.15) is 0 Å². The van der Waals surface area contributed by atoms with Crippen LogP contribution in [-0.4, -0.2) is 52.7 Å². The van der Waals surface area contributed by atoms with Crippen molar-refractivity contribution >= 4 is 17.0 Å². The van der Waals surface area contributed by atoms with Gasteiger partial charge in [-0.3, -0.25) is 9.88 Å². The largest absolute Gasteiger partial charge is 0.444 e. The van der Waals surface area contributed by atoms with Gasteiger partial charge in [-0.25, -0.2) is 4.79 Å². The molecule has 1 amide bonds. The Morgan fingerprint density at radius 3 is 2.52 bits per heavy atom. The van der Waals surface area contributed by atoms with Crippen LogP contribution >= 0.6 is 0 Å². The molecule has 134 valence electrons. The molecule has 5 heteroatoms. The van der Waals surface area contributed by atoms with Crippen molar-refractivity contribution in [1.82, 2.24) is 14.8 Å². The Morgan fingerprint density at radius 2 is 1.84 bits per heavy atom. The third-order valence-corrected chi connectivity index (χ3v) is 4.36. The Balaban J connectivity index is 1.63. The molecular formula is C20H27N3O2.